The summed E-state index contributed by atoms with van der Waals surface area (Å²) in [4.78, 5) is 27.2. The van der Waals surface area contributed by atoms with Crippen LogP contribution in [0.25, 0.3) is 0 Å². The number of rotatable bonds is 9. The fourth-order valence-electron chi connectivity index (χ4n) is 4.72. The molecule has 8 heteroatoms. The molecular formula is C25H30N2O6. The number of hydrogen-bond acceptors (Lipinski definition) is 6. The number of likely N-dealkylation sites (tertiary alicyclic amines) is 1. The van der Waals surface area contributed by atoms with Crippen LogP contribution in [0.15, 0.2) is 42.5 Å². The second kappa shape index (κ2) is 10.1. The fourth-order valence-corrected chi connectivity index (χ4v) is 4.72. The van der Waals surface area contributed by atoms with Crippen molar-refractivity contribution < 1.29 is 28.9 Å². The smallest absolute Gasteiger partial charge is 0.309 e. The molecule has 4 rings (SSSR count). The fraction of sp³-hybridized carbons (Fsp3) is 0.440. The molecule has 0 unspecified atom stereocenters. The molecule has 0 spiro atoms. The van der Waals surface area contributed by atoms with Gasteiger partial charge in [0.1, 0.15) is 5.75 Å². The van der Waals surface area contributed by atoms with Crippen LogP contribution in [0.3, 0.4) is 0 Å². The Hall–Kier alpha value is -3.26. The lowest BCUT2D eigenvalue weighted by Crippen LogP contribution is -2.38. The lowest BCUT2D eigenvalue weighted by atomic mass is 9.82. The van der Waals surface area contributed by atoms with Gasteiger partial charge in [0, 0.05) is 25.0 Å². The van der Waals surface area contributed by atoms with Crippen LogP contribution < -0.4 is 19.5 Å². The molecule has 1 fully saturated rings. The predicted molar refractivity (Wildman–Crippen MR) is 122 cm³/mol. The monoisotopic (exact) mass is 454 g/mol. The van der Waals surface area contributed by atoms with Crippen molar-refractivity contribution >= 4 is 11.9 Å². The zero-order chi connectivity index (χ0) is 23.4. The van der Waals surface area contributed by atoms with Crippen molar-refractivity contribution in [3.05, 3.63) is 53.6 Å². The minimum atomic E-state index is -0.896. The number of carbonyl (C=O) groups excluding carboxylic acids is 1. The van der Waals surface area contributed by atoms with Crippen LogP contribution in [0.2, 0.25) is 0 Å². The highest BCUT2D eigenvalue weighted by Gasteiger charge is 2.48. The van der Waals surface area contributed by atoms with Crippen molar-refractivity contribution in [3.63, 3.8) is 0 Å². The molecule has 176 valence electrons. The molecule has 33 heavy (non-hydrogen) atoms. The Morgan fingerprint density at radius 1 is 1.12 bits per heavy atom. The number of carbonyl (C=O) groups is 2. The number of nitrogens with one attached hydrogen (secondary N) is 1. The Morgan fingerprint density at radius 3 is 2.55 bits per heavy atom. The topological polar surface area (TPSA) is 97.3 Å². The number of ether oxygens (including phenoxy) is 3. The molecule has 2 aromatic rings. The van der Waals surface area contributed by atoms with Crippen molar-refractivity contribution in [2.45, 2.75) is 31.7 Å². The number of hydrogen-bond donors (Lipinski definition) is 2. The standard InChI is InChI=1S/C25H30N2O6/c1-3-4-11-26-22(28)14-27-13-19(17-7-10-20-21(12-17)33-15-32-20)23(25(29)30)24(27)16-5-8-18(31-2)9-6-16/h5-10,12,19,23-24H,3-4,11,13-15H2,1-2H3,(H,26,28)(H,29,30)/t19-,23-,24+/m0/s1. The third-order valence-electron chi connectivity index (χ3n) is 6.36. The molecule has 2 aliphatic rings. The number of amides is 1. The van der Waals surface area contributed by atoms with Crippen LogP contribution >= 0.6 is 0 Å². The molecule has 0 radical (unpaired) electrons. The number of benzene rings is 2. The number of unbranched alkanes of at least 4 members (excludes halogenated alkanes) is 1. The SMILES string of the molecule is CCCCNC(=O)CN1C[C@@H](c2ccc3c(c2)OCO3)[C@H](C(=O)O)[C@H]1c1ccc(OC)cc1. The Balaban J connectivity index is 1.66. The summed E-state index contributed by atoms with van der Waals surface area (Å²) in [5.74, 6) is -0.0738. The highest BCUT2D eigenvalue weighted by molar-refractivity contribution is 5.79. The maximum Gasteiger partial charge on any atom is 0.309 e. The predicted octanol–water partition coefficient (Wildman–Crippen LogP) is 3.18. The van der Waals surface area contributed by atoms with E-state index < -0.39 is 17.9 Å². The van der Waals surface area contributed by atoms with Gasteiger partial charge in [-0.05, 0) is 41.8 Å². The van der Waals surface area contributed by atoms with Gasteiger partial charge in [-0.25, -0.2) is 0 Å². The van der Waals surface area contributed by atoms with Gasteiger partial charge >= 0.3 is 5.97 Å². The lowest BCUT2D eigenvalue weighted by molar-refractivity contribution is -0.143. The minimum Gasteiger partial charge on any atom is -0.497 e. The zero-order valence-corrected chi connectivity index (χ0v) is 19.0. The van der Waals surface area contributed by atoms with Crippen LogP contribution in [0, 0.1) is 5.92 Å². The maximum absolute atomic E-state index is 12.7. The van der Waals surface area contributed by atoms with Crippen molar-refractivity contribution in [3.8, 4) is 17.2 Å². The summed E-state index contributed by atoms with van der Waals surface area (Å²) in [5.41, 5.74) is 1.70. The van der Waals surface area contributed by atoms with Crippen LogP contribution in [0.5, 0.6) is 17.2 Å². The van der Waals surface area contributed by atoms with Gasteiger partial charge < -0.3 is 24.6 Å². The van der Waals surface area contributed by atoms with E-state index >= 15 is 0 Å². The molecule has 0 aliphatic carbocycles. The number of methoxy groups -OCH3 is 1. The van der Waals surface area contributed by atoms with Gasteiger partial charge in [0.2, 0.25) is 12.7 Å². The van der Waals surface area contributed by atoms with Gasteiger partial charge in [-0.2, -0.15) is 0 Å². The van der Waals surface area contributed by atoms with Crippen molar-refractivity contribution in [1.29, 1.82) is 0 Å². The van der Waals surface area contributed by atoms with E-state index in [2.05, 4.69) is 12.2 Å². The second-order valence-corrected chi connectivity index (χ2v) is 8.43. The molecule has 1 amide bonds. The van der Waals surface area contributed by atoms with Gasteiger partial charge in [-0.3, -0.25) is 14.5 Å². The van der Waals surface area contributed by atoms with E-state index in [1.54, 1.807) is 7.11 Å². The van der Waals surface area contributed by atoms with Crippen LogP contribution in [-0.2, 0) is 9.59 Å². The Morgan fingerprint density at radius 2 is 1.85 bits per heavy atom. The largest absolute Gasteiger partial charge is 0.497 e. The van der Waals surface area contributed by atoms with Crippen LogP contribution in [-0.4, -0.2) is 55.4 Å². The van der Waals surface area contributed by atoms with Crippen molar-refractivity contribution in [1.82, 2.24) is 10.2 Å². The molecular weight excluding hydrogens is 424 g/mol. The van der Waals surface area contributed by atoms with E-state index in [0.717, 1.165) is 24.0 Å². The molecule has 2 aliphatic heterocycles. The first-order valence-corrected chi connectivity index (χ1v) is 11.3. The first-order valence-electron chi connectivity index (χ1n) is 11.3. The lowest BCUT2D eigenvalue weighted by Gasteiger charge is -2.27. The molecule has 0 aromatic heterocycles. The third kappa shape index (κ3) is 4.90. The minimum absolute atomic E-state index is 0.0996. The molecule has 2 aromatic carbocycles. The Kier molecular flexibility index (Phi) is 7.03. The second-order valence-electron chi connectivity index (χ2n) is 8.43. The highest BCUT2D eigenvalue weighted by Crippen LogP contribution is 2.47. The van der Waals surface area contributed by atoms with Crippen LogP contribution in [0.1, 0.15) is 42.9 Å². The average Bonchev–Trinajstić information content (AvgIpc) is 3.43. The normalized spacial score (nSPS) is 21.7. The maximum atomic E-state index is 12.7. The molecule has 2 heterocycles. The van der Waals surface area contributed by atoms with E-state index in [1.165, 1.54) is 0 Å². The van der Waals surface area contributed by atoms with E-state index in [9.17, 15) is 14.7 Å². The van der Waals surface area contributed by atoms with E-state index in [1.807, 2.05) is 47.4 Å². The molecule has 1 saturated heterocycles. The highest BCUT2D eigenvalue weighted by atomic mass is 16.7. The summed E-state index contributed by atoms with van der Waals surface area (Å²) in [6.07, 6.45) is 1.90. The molecule has 0 bridgehead atoms. The number of carboxylic acids is 1. The van der Waals surface area contributed by atoms with Crippen molar-refractivity contribution in [2.75, 3.05) is 33.5 Å². The summed E-state index contributed by atoms with van der Waals surface area (Å²) in [7, 11) is 1.59. The van der Waals surface area contributed by atoms with Gasteiger partial charge in [-0.1, -0.05) is 31.5 Å². The first-order chi connectivity index (χ1) is 16.0. The molecule has 0 saturated carbocycles. The quantitative estimate of drug-likeness (QED) is 0.562. The Labute approximate surface area is 193 Å². The summed E-state index contributed by atoms with van der Waals surface area (Å²) >= 11 is 0. The molecule has 3 atom stereocenters. The Bertz CT molecular complexity index is 993. The number of fused-ring (bicyclic) bond motifs is 1. The van der Waals surface area contributed by atoms with Gasteiger partial charge in [0.05, 0.1) is 19.6 Å². The molecule has 8 nitrogen and oxygen atoms in total. The summed E-state index contributed by atoms with van der Waals surface area (Å²) < 4.78 is 16.2. The number of nitrogens with zero attached hydrogens (tertiary/aromatic N) is 1. The average molecular weight is 455 g/mol. The summed E-state index contributed by atoms with van der Waals surface area (Å²) in [6, 6.07) is 12.5. The van der Waals surface area contributed by atoms with Gasteiger partial charge in [-0.15, -0.1) is 0 Å². The zero-order valence-electron chi connectivity index (χ0n) is 19.0. The first kappa shape index (κ1) is 22.9. The number of carboxylic acid groups (broad SMARTS) is 1. The van der Waals surface area contributed by atoms with Crippen molar-refractivity contribution in [2.24, 2.45) is 5.92 Å². The van der Waals surface area contributed by atoms with E-state index in [-0.39, 0.29) is 25.2 Å². The van der Waals surface area contributed by atoms with Gasteiger partial charge in [0.15, 0.2) is 11.5 Å². The van der Waals surface area contributed by atoms with E-state index in [0.29, 0.717) is 30.3 Å². The number of aliphatic carboxylic acids is 1. The van der Waals surface area contributed by atoms with E-state index in [4.69, 9.17) is 14.2 Å². The molecule has 2 N–H and O–H groups in total. The third-order valence-corrected chi connectivity index (χ3v) is 6.36. The summed E-state index contributed by atoms with van der Waals surface area (Å²) in [6.45, 7) is 3.41. The van der Waals surface area contributed by atoms with Crippen LogP contribution in [0.4, 0.5) is 0 Å². The van der Waals surface area contributed by atoms with Gasteiger partial charge in [0.25, 0.3) is 0 Å². The summed E-state index contributed by atoms with van der Waals surface area (Å²) in [5, 5.41) is 13.2.